The molecule has 0 saturated heterocycles. The second-order valence-corrected chi connectivity index (χ2v) is 8.81. The second-order valence-electron chi connectivity index (χ2n) is 7.13. The van der Waals surface area contributed by atoms with Gasteiger partial charge in [0.15, 0.2) is 0 Å². The quantitative estimate of drug-likeness (QED) is 0.666. The van der Waals surface area contributed by atoms with Crippen LogP contribution in [0.5, 0.6) is 0 Å². The van der Waals surface area contributed by atoms with Gasteiger partial charge < -0.3 is 4.90 Å². The Morgan fingerprint density at radius 1 is 0.828 bits per heavy atom. The van der Waals surface area contributed by atoms with Crippen LogP contribution in [-0.4, -0.2) is 21.4 Å². The Kier molecular flexibility index (Phi) is 5.75. The maximum Gasteiger partial charge on any atom is 0.261 e. The SMILES string of the molecule is Cc1ccc(N(C)C(=O)c2ccc(NS(=O)(=O)c3ccc(C)c(C)c3)cc2)cc1. The molecule has 0 aliphatic heterocycles. The molecule has 1 N–H and O–H groups in total. The van der Waals surface area contributed by atoms with Gasteiger partial charge in [-0.2, -0.15) is 0 Å². The van der Waals surface area contributed by atoms with Crippen molar-refractivity contribution in [3.63, 3.8) is 0 Å². The Balaban J connectivity index is 1.76. The predicted molar refractivity (Wildman–Crippen MR) is 117 cm³/mol. The number of amides is 1. The molecule has 0 bridgehead atoms. The number of hydrogen-bond donors (Lipinski definition) is 1. The molecule has 3 aromatic rings. The number of nitrogens with zero attached hydrogens (tertiary/aromatic N) is 1. The number of carbonyl (C=O) groups is 1. The van der Waals surface area contributed by atoms with Crippen LogP contribution in [0.2, 0.25) is 0 Å². The van der Waals surface area contributed by atoms with E-state index < -0.39 is 10.0 Å². The molecule has 3 rings (SSSR count). The molecule has 1 amide bonds. The molecular weight excluding hydrogens is 384 g/mol. The Hall–Kier alpha value is -3.12. The van der Waals surface area contributed by atoms with E-state index in [0.29, 0.717) is 11.3 Å². The van der Waals surface area contributed by atoms with E-state index >= 15 is 0 Å². The third-order valence-electron chi connectivity index (χ3n) is 4.90. The van der Waals surface area contributed by atoms with Gasteiger partial charge in [-0.15, -0.1) is 0 Å². The average Bonchev–Trinajstić information content (AvgIpc) is 2.70. The van der Waals surface area contributed by atoms with Gasteiger partial charge in [-0.3, -0.25) is 9.52 Å². The van der Waals surface area contributed by atoms with Crippen LogP contribution in [-0.2, 0) is 10.0 Å². The summed E-state index contributed by atoms with van der Waals surface area (Å²) in [5.41, 5.74) is 4.73. The van der Waals surface area contributed by atoms with E-state index in [1.165, 1.54) is 0 Å². The fraction of sp³-hybridized carbons (Fsp3) is 0.174. The summed E-state index contributed by atoms with van der Waals surface area (Å²) in [6.07, 6.45) is 0. The second kappa shape index (κ2) is 8.09. The van der Waals surface area contributed by atoms with Crippen LogP contribution in [0.4, 0.5) is 11.4 Å². The monoisotopic (exact) mass is 408 g/mol. The summed E-state index contributed by atoms with van der Waals surface area (Å²) in [7, 11) is -1.98. The Labute approximate surface area is 172 Å². The summed E-state index contributed by atoms with van der Waals surface area (Å²) < 4.78 is 27.8. The smallest absolute Gasteiger partial charge is 0.261 e. The van der Waals surface area contributed by atoms with E-state index in [2.05, 4.69) is 4.72 Å². The fourth-order valence-electron chi connectivity index (χ4n) is 2.86. The first-order valence-electron chi connectivity index (χ1n) is 9.22. The largest absolute Gasteiger partial charge is 0.311 e. The lowest BCUT2D eigenvalue weighted by molar-refractivity contribution is 0.0993. The van der Waals surface area contributed by atoms with Crippen molar-refractivity contribution in [2.24, 2.45) is 0 Å². The summed E-state index contributed by atoms with van der Waals surface area (Å²) in [6.45, 7) is 5.80. The zero-order chi connectivity index (χ0) is 21.2. The number of hydrogen-bond acceptors (Lipinski definition) is 3. The Morgan fingerprint density at radius 3 is 2.03 bits per heavy atom. The number of carbonyl (C=O) groups excluding carboxylic acids is 1. The molecular formula is C23H24N2O3S. The molecule has 29 heavy (non-hydrogen) atoms. The van der Waals surface area contributed by atoms with E-state index in [0.717, 1.165) is 22.4 Å². The molecule has 0 fully saturated rings. The van der Waals surface area contributed by atoms with E-state index in [4.69, 9.17) is 0 Å². The van der Waals surface area contributed by atoms with Crippen molar-refractivity contribution in [1.82, 2.24) is 0 Å². The summed E-state index contributed by atoms with van der Waals surface area (Å²) >= 11 is 0. The van der Waals surface area contributed by atoms with E-state index in [-0.39, 0.29) is 10.8 Å². The number of sulfonamides is 1. The molecule has 6 heteroatoms. The van der Waals surface area contributed by atoms with Gasteiger partial charge >= 0.3 is 0 Å². The Bertz CT molecular complexity index is 1140. The van der Waals surface area contributed by atoms with Gasteiger partial charge in [0.25, 0.3) is 15.9 Å². The topological polar surface area (TPSA) is 66.5 Å². The lowest BCUT2D eigenvalue weighted by Gasteiger charge is -2.18. The van der Waals surface area contributed by atoms with Gasteiger partial charge in [-0.25, -0.2) is 8.42 Å². The number of anilines is 2. The highest BCUT2D eigenvalue weighted by atomic mass is 32.2. The lowest BCUT2D eigenvalue weighted by atomic mass is 10.1. The fourth-order valence-corrected chi connectivity index (χ4v) is 4.00. The molecule has 0 spiro atoms. The number of aryl methyl sites for hydroxylation is 3. The number of benzene rings is 3. The molecule has 150 valence electrons. The third-order valence-corrected chi connectivity index (χ3v) is 6.28. The van der Waals surface area contributed by atoms with Crippen molar-refractivity contribution in [2.75, 3.05) is 16.7 Å². The van der Waals surface area contributed by atoms with Crippen LogP contribution in [0.1, 0.15) is 27.0 Å². The van der Waals surface area contributed by atoms with Crippen LogP contribution in [0.3, 0.4) is 0 Å². The highest BCUT2D eigenvalue weighted by Crippen LogP contribution is 2.21. The van der Waals surface area contributed by atoms with Crippen molar-refractivity contribution in [1.29, 1.82) is 0 Å². The van der Waals surface area contributed by atoms with Gasteiger partial charge in [0, 0.05) is 24.0 Å². The molecule has 0 radical (unpaired) electrons. The van der Waals surface area contributed by atoms with Crippen molar-refractivity contribution in [2.45, 2.75) is 25.7 Å². The third kappa shape index (κ3) is 4.66. The molecule has 0 unspecified atom stereocenters. The Morgan fingerprint density at radius 2 is 1.45 bits per heavy atom. The van der Waals surface area contributed by atoms with Crippen LogP contribution >= 0.6 is 0 Å². The highest BCUT2D eigenvalue weighted by Gasteiger charge is 2.17. The molecule has 0 aromatic heterocycles. The number of nitrogens with one attached hydrogen (secondary N) is 1. The first kappa shape index (κ1) is 20.6. The van der Waals surface area contributed by atoms with E-state index in [1.54, 1.807) is 54.4 Å². The molecule has 3 aromatic carbocycles. The van der Waals surface area contributed by atoms with Crippen LogP contribution in [0.15, 0.2) is 71.6 Å². The minimum Gasteiger partial charge on any atom is -0.311 e. The van der Waals surface area contributed by atoms with Gasteiger partial charge in [0.05, 0.1) is 4.90 Å². The van der Waals surface area contributed by atoms with Crippen LogP contribution in [0.25, 0.3) is 0 Å². The predicted octanol–water partition coefficient (Wildman–Crippen LogP) is 4.69. The molecule has 0 aliphatic rings. The van der Waals surface area contributed by atoms with Gasteiger partial charge in [-0.1, -0.05) is 23.8 Å². The number of rotatable bonds is 5. The lowest BCUT2D eigenvalue weighted by Crippen LogP contribution is -2.26. The van der Waals surface area contributed by atoms with Crippen molar-refractivity contribution in [3.05, 3.63) is 89.0 Å². The molecule has 0 saturated carbocycles. The minimum atomic E-state index is -3.69. The summed E-state index contributed by atoms with van der Waals surface area (Å²) in [5.74, 6) is -0.169. The maximum absolute atomic E-state index is 12.7. The normalized spacial score (nSPS) is 11.2. The van der Waals surface area contributed by atoms with Crippen molar-refractivity contribution in [3.8, 4) is 0 Å². The summed E-state index contributed by atoms with van der Waals surface area (Å²) in [5, 5.41) is 0. The first-order chi connectivity index (χ1) is 13.7. The van der Waals surface area contributed by atoms with Crippen molar-refractivity contribution >= 4 is 27.3 Å². The average molecular weight is 409 g/mol. The molecule has 0 heterocycles. The molecule has 0 atom stereocenters. The van der Waals surface area contributed by atoms with Gasteiger partial charge in [0.2, 0.25) is 0 Å². The van der Waals surface area contributed by atoms with E-state index in [9.17, 15) is 13.2 Å². The molecule has 0 aliphatic carbocycles. The van der Waals surface area contributed by atoms with Crippen molar-refractivity contribution < 1.29 is 13.2 Å². The maximum atomic E-state index is 12.7. The van der Waals surface area contributed by atoms with Gasteiger partial charge in [0.1, 0.15) is 0 Å². The van der Waals surface area contributed by atoms with Crippen LogP contribution < -0.4 is 9.62 Å². The summed E-state index contributed by atoms with van der Waals surface area (Å²) in [6, 6.07) is 19.1. The zero-order valence-electron chi connectivity index (χ0n) is 16.9. The first-order valence-corrected chi connectivity index (χ1v) is 10.7. The highest BCUT2D eigenvalue weighted by molar-refractivity contribution is 7.92. The zero-order valence-corrected chi connectivity index (χ0v) is 17.7. The van der Waals surface area contributed by atoms with E-state index in [1.807, 2.05) is 45.0 Å². The standard InChI is InChI=1S/C23H24N2O3S/c1-16-5-12-21(13-6-16)25(4)23(26)19-8-10-20(11-9-19)24-29(27,28)22-14-7-17(2)18(3)15-22/h5-15,24H,1-4H3. The van der Waals surface area contributed by atoms with Gasteiger partial charge in [-0.05, 0) is 80.4 Å². The van der Waals surface area contributed by atoms with Crippen LogP contribution in [0, 0.1) is 20.8 Å². The summed E-state index contributed by atoms with van der Waals surface area (Å²) in [4.78, 5) is 14.5. The molecule has 5 nitrogen and oxygen atoms in total. The minimum absolute atomic E-state index is 0.169.